The first-order valence-corrected chi connectivity index (χ1v) is 7.50. The van der Waals surface area contributed by atoms with Gasteiger partial charge in [-0.1, -0.05) is 22.4 Å². The highest BCUT2D eigenvalue weighted by atomic mass is 79.9. The van der Waals surface area contributed by atoms with Crippen LogP contribution in [0.5, 0.6) is 0 Å². The van der Waals surface area contributed by atoms with E-state index >= 15 is 0 Å². The molecule has 5 nitrogen and oxygen atoms in total. The van der Waals surface area contributed by atoms with Crippen LogP contribution in [0.15, 0.2) is 22.7 Å². The van der Waals surface area contributed by atoms with Gasteiger partial charge in [0.15, 0.2) is 0 Å². The molecule has 1 fully saturated rings. The normalized spacial score (nSPS) is 21.6. The van der Waals surface area contributed by atoms with E-state index in [1.807, 2.05) is 0 Å². The molecule has 1 aliphatic rings. The number of benzene rings is 1. The van der Waals surface area contributed by atoms with Crippen molar-refractivity contribution >= 4 is 33.6 Å². The number of rotatable bonds is 3. The molecule has 2 rings (SSSR count). The molecule has 7 heteroatoms. The lowest BCUT2D eigenvalue weighted by Gasteiger charge is -2.27. The number of amides is 2. The Morgan fingerprint density at radius 1 is 1.33 bits per heavy atom. The molecule has 0 heterocycles. The van der Waals surface area contributed by atoms with E-state index in [4.69, 9.17) is 5.11 Å². The summed E-state index contributed by atoms with van der Waals surface area (Å²) in [6.45, 7) is 0. The van der Waals surface area contributed by atoms with Gasteiger partial charge in [0, 0.05) is 10.5 Å². The quantitative estimate of drug-likeness (QED) is 0.775. The zero-order valence-electron chi connectivity index (χ0n) is 11.2. The summed E-state index contributed by atoms with van der Waals surface area (Å²) in [5, 5.41) is 14.2. The predicted octanol–water partition coefficient (Wildman–Crippen LogP) is 3.35. The zero-order valence-corrected chi connectivity index (χ0v) is 12.8. The SMILES string of the molecule is O=C(Nc1cc(Br)ccc1F)NC1CCCC(C(=O)O)C1. The van der Waals surface area contributed by atoms with Crippen LogP contribution in [0.2, 0.25) is 0 Å². The van der Waals surface area contributed by atoms with Gasteiger partial charge in [0.2, 0.25) is 0 Å². The third-order valence-corrected chi connectivity index (χ3v) is 4.03. The minimum Gasteiger partial charge on any atom is -0.481 e. The third kappa shape index (κ3) is 4.42. The van der Waals surface area contributed by atoms with Crippen molar-refractivity contribution in [3.8, 4) is 0 Å². The minimum absolute atomic E-state index is 0.0764. The summed E-state index contributed by atoms with van der Waals surface area (Å²) in [6.07, 6.45) is 2.53. The van der Waals surface area contributed by atoms with Crippen molar-refractivity contribution in [3.05, 3.63) is 28.5 Å². The van der Waals surface area contributed by atoms with Crippen LogP contribution in [-0.2, 0) is 4.79 Å². The summed E-state index contributed by atoms with van der Waals surface area (Å²) >= 11 is 3.20. The highest BCUT2D eigenvalue weighted by Gasteiger charge is 2.27. The number of carboxylic acids is 1. The van der Waals surface area contributed by atoms with E-state index in [0.717, 1.165) is 12.8 Å². The lowest BCUT2D eigenvalue weighted by molar-refractivity contribution is -0.143. The fourth-order valence-corrected chi connectivity index (χ4v) is 2.84. The van der Waals surface area contributed by atoms with E-state index in [-0.39, 0.29) is 11.7 Å². The van der Waals surface area contributed by atoms with Crippen molar-refractivity contribution in [2.75, 3.05) is 5.32 Å². The number of hydrogen-bond donors (Lipinski definition) is 3. The zero-order chi connectivity index (χ0) is 15.4. The van der Waals surface area contributed by atoms with Gasteiger partial charge in [0.25, 0.3) is 0 Å². The number of anilines is 1. The van der Waals surface area contributed by atoms with Crippen LogP contribution < -0.4 is 10.6 Å². The summed E-state index contributed by atoms with van der Waals surface area (Å²) < 4.78 is 14.2. The van der Waals surface area contributed by atoms with E-state index in [9.17, 15) is 14.0 Å². The second-order valence-electron chi connectivity index (χ2n) is 5.12. The number of carboxylic acid groups (broad SMARTS) is 1. The van der Waals surface area contributed by atoms with E-state index in [0.29, 0.717) is 17.3 Å². The number of carbonyl (C=O) groups is 2. The number of nitrogens with one attached hydrogen (secondary N) is 2. The van der Waals surface area contributed by atoms with Crippen molar-refractivity contribution in [3.63, 3.8) is 0 Å². The van der Waals surface area contributed by atoms with Gasteiger partial charge < -0.3 is 15.7 Å². The largest absolute Gasteiger partial charge is 0.481 e. The number of aliphatic carboxylic acids is 1. The number of urea groups is 1. The van der Waals surface area contributed by atoms with Gasteiger partial charge in [0.1, 0.15) is 5.82 Å². The van der Waals surface area contributed by atoms with Crippen molar-refractivity contribution in [1.82, 2.24) is 5.32 Å². The smallest absolute Gasteiger partial charge is 0.319 e. The standard InChI is InChI=1S/C14H16BrFN2O3/c15-9-4-5-11(16)12(7-9)18-14(21)17-10-3-1-2-8(6-10)13(19)20/h4-5,7-8,10H,1-3,6H2,(H,19,20)(H2,17,18,21). The number of halogens is 2. The third-order valence-electron chi connectivity index (χ3n) is 3.54. The monoisotopic (exact) mass is 358 g/mol. The van der Waals surface area contributed by atoms with E-state index in [1.165, 1.54) is 18.2 Å². The highest BCUT2D eigenvalue weighted by molar-refractivity contribution is 9.10. The van der Waals surface area contributed by atoms with E-state index < -0.39 is 23.7 Å². The van der Waals surface area contributed by atoms with Gasteiger partial charge in [-0.05, 0) is 37.5 Å². The molecule has 0 bridgehead atoms. The summed E-state index contributed by atoms with van der Waals surface area (Å²) in [7, 11) is 0. The molecule has 2 unspecified atom stereocenters. The maximum atomic E-state index is 13.5. The second kappa shape index (κ2) is 6.89. The highest BCUT2D eigenvalue weighted by Crippen LogP contribution is 2.25. The first kappa shape index (κ1) is 15.8. The maximum Gasteiger partial charge on any atom is 0.319 e. The Morgan fingerprint density at radius 3 is 2.81 bits per heavy atom. The van der Waals surface area contributed by atoms with Crippen molar-refractivity contribution in [2.24, 2.45) is 5.92 Å². The molecule has 2 amide bonds. The first-order valence-electron chi connectivity index (χ1n) is 6.71. The Labute approximate surface area is 130 Å². The first-order chi connectivity index (χ1) is 9.95. The van der Waals surface area contributed by atoms with Crippen LogP contribution >= 0.6 is 15.9 Å². The van der Waals surface area contributed by atoms with Crippen LogP contribution in [0.3, 0.4) is 0 Å². The molecule has 1 aromatic rings. The Balaban J connectivity index is 1.92. The molecule has 114 valence electrons. The number of hydrogen-bond acceptors (Lipinski definition) is 2. The fourth-order valence-electron chi connectivity index (χ4n) is 2.48. The van der Waals surface area contributed by atoms with Gasteiger partial charge in [-0.15, -0.1) is 0 Å². The summed E-state index contributed by atoms with van der Waals surface area (Å²) in [5.74, 6) is -1.79. The molecule has 1 aromatic carbocycles. The fraction of sp³-hybridized carbons (Fsp3) is 0.429. The van der Waals surface area contributed by atoms with E-state index in [2.05, 4.69) is 26.6 Å². The summed E-state index contributed by atoms with van der Waals surface area (Å²) in [4.78, 5) is 22.8. The Morgan fingerprint density at radius 2 is 2.10 bits per heavy atom. The van der Waals surface area contributed by atoms with Gasteiger partial charge in [-0.2, -0.15) is 0 Å². The summed E-state index contributed by atoms with van der Waals surface area (Å²) in [6, 6.07) is 3.53. The molecule has 0 saturated heterocycles. The molecular formula is C14H16BrFN2O3. The molecule has 0 aliphatic heterocycles. The van der Waals surface area contributed by atoms with Crippen LogP contribution in [-0.4, -0.2) is 23.1 Å². The molecule has 0 radical (unpaired) electrons. The van der Waals surface area contributed by atoms with Gasteiger partial charge in [-0.3, -0.25) is 4.79 Å². The molecule has 0 spiro atoms. The van der Waals surface area contributed by atoms with Crippen molar-refractivity contribution in [1.29, 1.82) is 0 Å². The van der Waals surface area contributed by atoms with Crippen LogP contribution in [0.1, 0.15) is 25.7 Å². The lowest BCUT2D eigenvalue weighted by Crippen LogP contribution is -2.42. The molecule has 3 N–H and O–H groups in total. The average Bonchev–Trinajstić information content (AvgIpc) is 2.43. The molecule has 0 aromatic heterocycles. The van der Waals surface area contributed by atoms with E-state index in [1.54, 1.807) is 0 Å². The number of carbonyl (C=O) groups excluding carboxylic acids is 1. The Hall–Kier alpha value is -1.63. The van der Waals surface area contributed by atoms with Crippen LogP contribution in [0.25, 0.3) is 0 Å². The van der Waals surface area contributed by atoms with Gasteiger partial charge >= 0.3 is 12.0 Å². The van der Waals surface area contributed by atoms with Crippen molar-refractivity contribution < 1.29 is 19.1 Å². The van der Waals surface area contributed by atoms with Crippen LogP contribution in [0, 0.1) is 11.7 Å². The maximum absolute atomic E-state index is 13.5. The Kier molecular flexibility index (Phi) is 5.17. The van der Waals surface area contributed by atoms with Crippen molar-refractivity contribution in [2.45, 2.75) is 31.7 Å². The topological polar surface area (TPSA) is 78.4 Å². The molecule has 2 atom stereocenters. The van der Waals surface area contributed by atoms with Gasteiger partial charge in [-0.25, -0.2) is 9.18 Å². The molecule has 1 saturated carbocycles. The second-order valence-corrected chi connectivity index (χ2v) is 6.04. The predicted molar refractivity (Wildman–Crippen MR) is 79.6 cm³/mol. The van der Waals surface area contributed by atoms with Gasteiger partial charge in [0.05, 0.1) is 11.6 Å². The summed E-state index contributed by atoms with van der Waals surface area (Å²) in [5.41, 5.74) is 0.0764. The molecule has 1 aliphatic carbocycles. The Bertz CT molecular complexity index is 553. The van der Waals surface area contributed by atoms with Crippen LogP contribution in [0.4, 0.5) is 14.9 Å². The minimum atomic E-state index is -0.833. The lowest BCUT2D eigenvalue weighted by atomic mass is 9.86. The molecule has 21 heavy (non-hydrogen) atoms. The average molecular weight is 359 g/mol. The molecular weight excluding hydrogens is 343 g/mol.